The smallest absolute Gasteiger partial charge is 0.251 e. The average Bonchev–Trinajstić information content (AvgIpc) is 2.77. The molecule has 0 aromatic heterocycles. The van der Waals surface area contributed by atoms with Gasteiger partial charge in [-0.1, -0.05) is 48.5 Å². The summed E-state index contributed by atoms with van der Waals surface area (Å²) < 4.78 is 30.7. The molecule has 0 unspecified atom stereocenters. The van der Waals surface area contributed by atoms with Crippen LogP contribution >= 0.6 is 0 Å². The van der Waals surface area contributed by atoms with Crippen LogP contribution in [-0.4, -0.2) is 20.9 Å². The van der Waals surface area contributed by atoms with Crippen molar-refractivity contribution in [1.82, 2.24) is 5.32 Å². The lowest BCUT2D eigenvalue weighted by atomic mass is 10.2. The summed E-state index contributed by atoms with van der Waals surface area (Å²) in [6, 6.07) is 23.9. The van der Waals surface area contributed by atoms with E-state index in [1.165, 1.54) is 12.1 Å². The maximum absolute atomic E-state index is 12.7. The third kappa shape index (κ3) is 5.69. The Hall–Kier alpha value is -3.63. The number of rotatable bonds is 8. The molecule has 0 fully saturated rings. The number of nitriles is 1. The molecule has 3 aromatic carbocycles. The highest BCUT2D eigenvalue weighted by Crippen LogP contribution is 2.18. The van der Waals surface area contributed by atoms with Gasteiger partial charge in [0.1, 0.15) is 11.8 Å². The first-order valence-corrected chi connectivity index (χ1v) is 10.9. The van der Waals surface area contributed by atoms with E-state index < -0.39 is 9.84 Å². The van der Waals surface area contributed by atoms with Crippen LogP contribution in [0.5, 0.6) is 5.75 Å². The molecular weight excluding hydrogens is 400 g/mol. The predicted octanol–water partition coefficient (Wildman–Crippen LogP) is 3.49. The van der Waals surface area contributed by atoms with E-state index in [0.29, 0.717) is 11.3 Å². The first-order chi connectivity index (χ1) is 14.5. The van der Waals surface area contributed by atoms with Crippen molar-refractivity contribution in [3.05, 3.63) is 95.6 Å². The molecule has 1 N–H and O–H groups in total. The number of carbonyl (C=O) groups is 1. The number of carbonyl (C=O) groups excluding carboxylic acids is 1. The SMILES string of the molecule is N#CCOc1cccc(CNC(=O)c2cccc(S(=O)(=O)Cc3ccccc3)c2)c1. The van der Waals surface area contributed by atoms with Crippen LogP contribution in [0.1, 0.15) is 21.5 Å². The van der Waals surface area contributed by atoms with Crippen molar-refractivity contribution >= 4 is 15.7 Å². The number of ether oxygens (including phenoxy) is 1. The van der Waals surface area contributed by atoms with Gasteiger partial charge in [-0.25, -0.2) is 8.42 Å². The molecule has 0 spiro atoms. The fraction of sp³-hybridized carbons (Fsp3) is 0.130. The molecule has 30 heavy (non-hydrogen) atoms. The Kier molecular flexibility index (Phi) is 6.83. The normalized spacial score (nSPS) is 10.8. The van der Waals surface area contributed by atoms with Gasteiger partial charge in [-0.2, -0.15) is 5.26 Å². The summed E-state index contributed by atoms with van der Waals surface area (Å²) in [6.45, 7) is 0.184. The largest absolute Gasteiger partial charge is 0.479 e. The number of hydrogen-bond acceptors (Lipinski definition) is 5. The van der Waals surface area contributed by atoms with Crippen molar-refractivity contribution in [2.24, 2.45) is 0 Å². The van der Waals surface area contributed by atoms with Gasteiger partial charge >= 0.3 is 0 Å². The molecule has 7 heteroatoms. The van der Waals surface area contributed by atoms with Crippen LogP contribution in [0, 0.1) is 11.3 Å². The number of nitrogens with zero attached hydrogens (tertiary/aromatic N) is 1. The topological polar surface area (TPSA) is 96.3 Å². The van der Waals surface area contributed by atoms with E-state index in [-0.39, 0.29) is 35.3 Å². The van der Waals surface area contributed by atoms with Gasteiger partial charge in [-0.05, 0) is 41.5 Å². The summed E-state index contributed by atoms with van der Waals surface area (Å²) in [6.07, 6.45) is 0. The molecule has 0 saturated carbocycles. The highest BCUT2D eigenvalue weighted by Gasteiger charge is 2.17. The second kappa shape index (κ2) is 9.72. The average molecular weight is 420 g/mol. The molecule has 0 heterocycles. The first kappa shape index (κ1) is 21.1. The Balaban J connectivity index is 1.68. The summed E-state index contributed by atoms with van der Waals surface area (Å²) in [5, 5.41) is 11.4. The molecule has 1 amide bonds. The molecule has 0 atom stereocenters. The zero-order valence-electron chi connectivity index (χ0n) is 16.1. The first-order valence-electron chi connectivity index (χ1n) is 9.21. The predicted molar refractivity (Wildman–Crippen MR) is 112 cm³/mol. The van der Waals surface area contributed by atoms with Crippen molar-refractivity contribution in [2.75, 3.05) is 6.61 Å². The van der Waals surface area contributed by atoms with Crippen molar-refractivity contribution in [1.29, 1.82) is 5.26 Å². The molecule has 3 aromatic rings. The molecule has 0 aliphatic carbocycles. The second-order valence-corrected chi connectivity index (χ2v) is 8.54. The molecule has 6 nitrogen and oxygen atoms in total. The lowest BCUT2D eigenvalue weighted by molar-refractivity contribution is 0.0950. The van der Waals surface area contributed by atoms with Crippen molar-refractivity contribution in [2.45, 2.75) is 17.2 Å². The third-order valence-electron chi connectivity index (χ3n) is 4.31. The second-order valence-electron chi connectivity index (χ2n) is 6.55. The van der Waals surface area contributed by atoms with Crippen molar-refractivity contribution in [3.63, 3.8) is 0 Å². The van der Waals surface area contributed by atoms with E-state index >= 15 is 0 Å². The summed E-state index contributed by atoms with van der Waals surface area (Å²) in [5.41, 5.74) is 1.75. The van der Waals surface area contributed by atoms with Gasteiger partial charge in [0.15, 0.2) is 16.4 Å². The van der Waals surface area contributed by atoms with Crippen LogP contribution in [0.2, 0.25) is 0 Å². The Bertz CT molecular complexity index is 1170. The highest BCUT2D eigenvalue weighted by molar-refractivity contribution is 7.90. The summed E-state index contributed by atoms with van der Waals surface area (Å²) in [7, 11) is -3.57. The van der Waals surface area contributed by atoms with Crippen LogP contribution in [0.4, 0.5) is 0 Å². The van der Waals surface area contributed by atoms with E-state index in [1.807, 2.05) is 18.2 Å². The van der Waals surface area contributed by atoms with Crippen LogP contribution in [0.3, 0.4) is 0 Å². The Morgan fingerprint density at radius 3 is 2.43 bits per heavy atom. The van der Waals surface area contributed by atoms with Gasteiger partial charge in [0, 0.05) is 12.1 Å². The maximum atomic E-state index is 12.7. The van der Waals surface area contributed by atoms with Gasteiger partial charge in [0.25, 0.3) is 5.91 Å². The standard InChI is InChI=1S/C23H20N2O4S/c24-12-13-29-21-10-4-8-19(14-21)16-25-23(26)20-9-5-11-22(15-20)30(27,28)17-18-6-2-1-3-7-18/h1-11,14-15H,13,16-17H2,(H,25,26). The summed E-state index contributed by atoms with van der Waals surface area (Å²) in [5.74, 6) is 0.0291. The highest BCUT2D eigenvalue weighted by atomic mass is 32.2. The fourth-order valence-corrected chi connectivity index (χ4v) is 4.24. The van der Waals surface area contributed by atoms with E-state index in [9.17, 15) is 13.2 Å². The Labute approximate surface area is 175 Å². The lowest BCUT2D eigenvalue weighted by Crippen LogP contribution is -2.23. The van der Waals surface area contributed by atoms with E-state index in [4.69, 9.17) is 10.00 Å². The number of amides is 1. The fourth-order valence-electron chi connectivity index (χ4n) is 2.85. The number of benzene rings is 3. The molecule has 3 rings (SSSR count). The van der Waals surface area contributed by atoms with Crippen molar-refractivity contribution in [3.8, 4) is 11.8 Å². The molecule has 152 valence electrons. The molecule has 0 aliphatic heterocycles. The van der Waals surface area contributed by atoms with Crippen molar-refractivity contribution < 1.29 is 17.9 Å². The number of hydrogen-bond donors (Lipinski definition) is 1. The monoisotopic (exact) mass is 420 g/mol. The zero-order chi connectivity index (χ0) is 21.4. The van der Waals surface area contributed by atoms with Gasteiger partial charge < -0.3 is 10.1 Å². The minimum Gasteiger partial charge on any atom is -0.479 e. The van der Waals surface area contributed by atoms with Crippen LogP contribution < -0.4 is 10.1 Å². The number of sulfone groups is 1. The molecule has 0 saturated heterocycles. The van der Waals surface area contributed by atoms with Crippen LogP contribution in [0.15, 0.2) is 83.8 Å². The minimum absolute atomic E-state index is 0.0555. The Morgan fingerprint density at radius 2 is 1.67 bits per heavy atom. The Morgan fingerprint density at radius 1 is 0.933 bits per heavy atom. The van der Waals surface area contributed by atoms with E-state index in [1.54, 1.807) is 54.6 Å². The van der Waals surface area contributed by atoms with Gasteiger partial charge in [0.2, 0.25) is 0 Å². The van der Waals surface area contributed by atoms with Crippen LogP contribution in [-0.2, 0) is 22.1 Å². The van der Waals surface area contributed by atoms with Gasteiger partial charge in [0.05, 0.1) is 10.6 Å². The number of nitrogens with one attached hydrogen (secondary N) is 1. The maximum Gasteiger partial charge on any atom is 0.251 e. The summed E-state index contributed by atoms with van der Waals surface area (Å²) in [4.78, 5) is 12.6. The third-order valence-corrected chi connectivity index (χ3v) is 6.00. The minimum atomic E-state index is -3.57. The van der Waals surface area contributed by atoms with E-state index in [2.05, 4.69) is 5.32 Å². The summed E-state index contributed by atoms with van der Waals surface area (Å²) >= 11 is 0. The molecule has 0 aliphatic rings. The molecule has 0 radical (unpaired) electrons. The molecule has 0 bridgehead atoms. The van der Waals surface area contributed by atoms with E-state index in [0.717, 1.165) is 5.56 Å². The van der Waals surface area contributed by atoms with Gasteiger partial charge in [-0.3, -0.25) is 4.79 Å². The quantitative estimate of drug-likeness (QED) is 0.602. The van der Waals surface area contributed by atoms with Crippen LogP contribution in [0.25, 0.3) is 0 Å². The van der Waals surface area contributed by atoms with Gasteiger partial charge in [-0.15, -0.1) is 0 Å². The molecular formula is C23H20N2O4S. The zero-order valence-corrected chi connectivity index (χ0v) is 16.9. The lowest BCUT2D eigenvalue weighted by Gasteiger charge is -2.09.